The van der Waals surface area contributed by atoms with Crippen LogP contribution in [0.15, 0.2) is 10.1 Å². The van der Waals surface area contributed by atoms with E-state index in [4.69, 9.17) is 5.84 Å². The van der Waals surface area contributed by atoms with Crippen molar-refractivity contribution in [1.82, 2.24) is 0 Å². The van der Waals surface area contributed by atoms with Crippen molar-refractivity contribution in [1.29, 1.82) is 0 Å². The summed E-state index contributed by atoms with van der Waals surface area (Å²) in [5.74, 6) is 4.83. The Bertz CT molecular complexity index is 155. The van der Waals surface area contributed by atoms with E-state index in [1.807, 2.05) is 0 Å². The fourth-order valence-electron chi connectivity index (χ4n) is 0.626. The molecule has 0 amide bonds. The smallest absolute Gasteiger partial charge is 0.114 e. The molecule has 11 heavy (non-hydrogen) atoms. The molecule has 0 fully saturated rings. The zero-order valence-corrected chi connectivity index (χ0v) is 7.59. The lowest BCUT2D eigenvalue weighted by Gasteiger charge is -2.20. The first-order valence-electron chi connectivity index (χ1n) is 3.94. The molecule has 3 heteroatoms. The molecule has 0 aromatic heterocycles. The lowest BCUT2D eigenvalue weighted by Crippen LogP contribution is -2.10. The van der Waals surface area contributed by atoms with Gasteiger partial charge in [0.15, 0.2) is 0 Å². The minimum absolute atomic E-state index is 0.375. The van der Waals surface area contributed by atoms with Crippen molar-refractivity contribution < 1.29 is 0 Å². The summed E-state index contributed by atoms with van der Waals surface area (Å²) in [5, 5.41) is 3.16. The maximum atomic E-state index is 4.83. The second kappa shape index (κ2) is 4.91. The Morgan fingerprint density at radius 3 is 2.55 bits per heavy atom. The largest absolute Gasteiger partial charge is 0.314 e. The SMILES string of the molecule is CCC(C)(C)CCN=C=NN. The van der Waals surface area contributed by atoms with E-state index >= 15 is 0 Å². The van der Waals surface area contributed by atoms with E-state index in [1.165, 1.54) is 6.42 Å². The van der Waals surface area contributed by atoms with Crippen LogP contribution in [0.25, 0.3) is 0 Å². The highest BCUT2D eigenvalue weighted by molar-refractivity contribution is 5.40. The Morgan fingerprint density at radius 1 is 1.45 bits per heavy atom. The molecule has 0 aromatic carbocycles. The highest BCUT2D eigenvalue weighted by Crippen LogP contribution is 2.23. The molecule has 0 radical (unpaired) electrons. The molecule has 0 heterocycles. The number of rotatable bonds is 4. The second-order valence-corrected chi connectivity index (χ2v) is 3.38. The molecule has 0 aromatic rings. The number of aliphatic imine (C=N–C) groups is 1. The first-order chi connectivity index (χ1) is 5.12. The summed E-state index contributed by atoms with van der Waals surface area (Å²) in [6.07, 6.45) is 2.23. The van der Waals surface area contributed by atoms with Gasteiger partial charge in [-0.2, -0.15) is 0 Å². The van der Waals surface area contributed by atoms with Crippen LogP contribution in [-0.2, 0) is 0 Å². The van der Waals surface area contributed by atoms with Gasteiger partial charge in [-0.15, -0.1) is 5.10 Å². The van der Waals surface area contributed by atoms with Crippen molar-refractivity contribution >= 4 is 6.01 Å². The molecule has 0 atom stereocenters. The molecule has 0 aliphatic carbocycles. The van der Waals surface area contributed by atoms with Crippen molar-refractivity contribution in [2.45, 2.75) is 33.6 Å². The molecule has 0 aliphatic rings. The van der Waals surface area contributed by atoms with Gasteiger partial charge in [-0.1, -0.05) is 27.2 Å². The van der Waals surface area contributed by atoms with E-state index < -0.39 is 0 Å². The van der Waals surface area contributed by atoms with Crippen LogP contribution in [0.1, 0.15) is 33.6 Å². The van der Waals surface area contributed by atoms with Crippen molar-refractivity contribution in [3.05, 3.63) is 0 Å². The van der Waals surface area contributed by atoms with Gasteiger partial charge in [0, 0.05) is 0 Å². The lowest BCUT2D eigenvalue weighted by molar-refractivity contribution is 0.329. The summed E-state index contributed by atoms with van der Waals surface area (Å²) in [5.41, 5.74) is 0.375. The van der Waals surface area contributed by atoms with Crippen LogP contribution in [0, 0.1) is 5.41 Å². The van der Waals surface area contributed by atoms with Crippen LogP contribution >= 0.6 is 0 Å². The summed E-state index contributed by atoms with van der Waals surface area (Å²) >= 11 is 0. The number of hydrazone groups is 1. The molecule has 0 saturated carbocycles. The molecule has 0 aliphatic heterocycles. The van der Waals surface area contributed by atoms with Crippen LogP contribution < -0.4 is 5.84 Å². The topological polar surface area (TPSA) is 50.7 Å². The summed E-state index contributed by atoms with van der Waals surface area (Å²) in [6.45, 7) is 7.40. The molecule has 3 nitrogen and oxygen atoms in total. The fraction of sp³-hybridized carbons (Fsp3) is 0.875. The van der Waals surface area contributed by atoms with Crippen molar-refractivity contribution in [2.75, 3.05) is 6.54 Å². The zero-order chi connectivity index (χ0) is 8.74. The van der Waals surface area contributed by atoms with E-state index in [0.29, 0.717) is 5.41 Å². The predicted octanol–water partition coefficient (Wildman–Crippen LogP) is 1.86. The predicted molar refractivity (Wildman–Crippen MR) is 47.6 cm³/mol. The fourth-order valence-corrected chi connectivity index (χ4v) is 0.626. The van der Waals surface area contributed by atoms with E-state index in [-0.39, 0.29) is 0 Å². The third-order valence-electron chi connectivity index (χ3n) is 1.99. The van der Waals surface area contributed by atoms with Gasteiger partial charge in [0.1, 0.15) is 6.01 Å². The standard InChI is InChI=1S/C8H17N3/c1-4-8(2,3)5-6-10-7-11-9/h4-6,9H2,1-3H3. The van der Waals surface area contributed by atoms with Gasteiger partial charge in [0.05, 0.1) is 6.54 Å². The number of nitrogens with zero attached hydrogens (tertiary/aromatic N) is 2. The first kappa shape index (κ1) is 10.2. The van der Waals surface area contributed by atoms with Crippen LogP contribution in [0.4, 0.5) is 0 Å². The summed E-state index contributed by atoms with van der Waals surface area (Å²) in [7, 11) is 0. The maximum Gasteiger partial charge on any atom is 0.114 e. The monoisotopic (exact) mass is 155 g/mol. The molecular weight excluding hydrogens is 138 g/mol. The molecule has 0 rings (SSSR count). The quantitative estimate of drug-likeness (QED) is 0.376. The highest BCUT2D eigenvalue weighted by Gasteiger charge is 2.13. The molecule has 64 valence electrons. The second-order valence-electron chi connectivity index (χ2n) is 3.38. The van der Waals surface area contributed by atoms with Gasteiger partial charge in [-0.25, -0.2) is 4.99 Å². The summed E-state index contributed by atoms with van der Waals surface area (Å²) < 4.78 is 0. The lowest BCUT2D eigenvalue weighted by atomic mass is 9.87. The highest BCUT2D eigenvalue weighted by atomic mass is 15.1. The molecule has 0 bridgehead atoms. The average Bonchev–Trinajstić information content (AvgIpc) is 1.99. The Kier molecular flexibility index (Phi) is 4.55. The number of hydrogen-bond acceptors (Lipinski definition) is 3. The third kappa shape index (κ3) is 5.62. The Morgan fingerprint density at radius 2 is 2.09 bits per heavy atom. The van der Waals surface area contributed by atoms with Crippen LogP contribution in [-0.4, -0.2) is 12.6 Å². The van der Waals surface area contributed by atoms with Gasteiger partial charge in [0.2, 0.25) is 0 Å². The number of hydrogen-bond donors (Lipinski definition) is 1. The van der Waals surface area contributed by atoms with Crippen LogP contribution in [0.5, 0.6) is 0 Å². The van der Waals surface area contributed by atoms with Gasteiger partial charge < -0.3 is 5.84 Å². The van der Waals surface area contributed by atoms with Gasteiger partial charge >= 0.3 is 0 Å². The minimum atomic E-state index is 0.375. The molecule has 0 unspecified atom stereocenters. The maximum absolute atomic E-state index is 4.83. The molecule has 2 N–H and O–H groups in total. The minimum Gasteiger partial charge on any atom is -0.314 e. The van der Waals surface area contributed by atoms with Crippen LogP contribution in [0.3, 0.4) is 0 Å². The van der Waals surface area contributed by atoms with Crippen molar-refractivity contribution in [2.24, 2.45) is 21.4 Å². The Balaban J connectivity index is 3.61. The third-order valence-corrected chi connectivity index (χ3v) is 1.99. The average molecular weight is 155 g/mol. The summed E-state index contributed by atoms with van der Waals surface area (Å²) in [6, 6.07) is 2.37. The Hall–Kier alpha value is -0.820. The van der Waals surface area contributed by atoms with Gasteiger partial charge in [-0.3, -0.25) is 0 Å². The van der Waals surface area contributed by atoms with Crippen molar-refractivity contribution in [3.63, 3.8) is 0 Å². The van der Waals surface area contributed by atoms with E-state index in [9.17, 15) is 0 Å². The molecule has 0 saturated heterocycles. The first-order valence-corrected chi connectivity index (χ1v) is 3.94. The van der Waals surface area contributed by atoms with Crippen molar-refractivity contribution in [3.8, 4) is 0 Å². The van der Waals surface area contributed by atoms with Crippen LogP contribution in [0.2, 0.25) is 0 Å². The molecular formula is C8H17N3. The van der Waals surface area contributed by atoms with Gasteiger partial charge in [0.25, 0.3) is 0 Å². The van der Waals surface area contributed by atoms with Gasteiger partial charge in [-0.05, 0) is 11.8 Å². The molecule has 0 spiro atoms. The Labute approximate surface area is 68.4 Å². The summed E-state index contributed by atoms with van der Waals surface area (Å²) in [4.78, 5) is 3.88. The normalized spacial score (nSPS) is 10.5. The van der Waals surface area contributed by atoms with E-state index in [0.717, 1.165) is 13.0 Å². The zero-order valence-electron chi connectivity index (χ0n) is 7.59. The van der Waals surface area contributed by atoms with E-state index in [2.05, 4.69) is 36.9 Å². The van der Waals surface area contributed by atoms with E-state index in [1.54, 1.807) is 0 Å². The number of nitrogens with two attached hydrogens (primary N) is 1.